The number of carbonyl (C=O) groups excluding carboxylic acids is 1. The fraction of sp³-hybridized carbons (Fsp3) is 0.462. The highest BCUT2D eigenvalue weighted by Gasteiger charge is 2.21. The van der Waals surface area contributed by atoms with Crippen LogP contribution in [0.3, 0.4) is 0 Å². The Morgan fingerprint density at radius 1 is 1.41 bits per heavy atom. The van der Waals surface area contributed by atoms with Gasteiger partial charge in [0.15, 0.2) is 0 Å². The van der Waals surface area contributed by atoms with E-state index in [0.29, 0.717) is 5.02 Å². The van der Waals surface area contributed by atoms with E-state index in [9.17, 15) is 4.79 Å². The van der Waals surface area contributed by atoms with Crippen molar-refractivity contribution in [2.45, 2.75) is 19.8 Å². The molecule has 1 aromatic carbocycles. The Morgan fingerprint density at radius 3 is 2.82 bits per heavy atom. The number of hydrogen-bond donors (Lipinski definition) is 2. The first-order valence-corrected chi connectivity index (χ1v) is 6.32. The smallest absolute Gasteiger partial charge is 0.227 e. The standard InChI is InChI=1S/C13H17ClN2O/c1-9-2-3-11(14)8-12(9)16-13(17)10-4-6-15-7-5-10/h2-3,8,10,15H,4-7H2,1H3,(H,16,17). The normalized spacial score (nSPS) is 16.8. The minimum absolute atomic E-state index is 0.108. The summed E-state index contributed by atoms with van der Waals surface area (Å²) in [5.41, 5.74) is 1.86. The van der Waals surface area contributed by atoms with Crippen LogP contribution in [-0.4, -0.2) is 19.0 Å². The highest BCUT2D eigenvalue weighted by molar-refractivity contribution is 6.31. The van der Waals surface area contributed by atoms with Crippen molar-refractivity contribution in [3.05, 3.63) is 28.8 Å². The van der Waals surface area contributed by atoms with E-state index in [1.54, 1.807) is 6.07 Å². The SMILES string of the molecule is Cc1ccc(Cl)cc1NC(=O)C1CCNCC1. The third-order valence-corrected chi connectivity index (χ3v) is 3.40. The molecule has 1 fully saturated rings. The number of aryl methyl sites for hydroxylation is 1. The van der Waals surface area contributed by atoms with E-state index >= 15 is 0 Å². The van der Waals surface area contributed by atoms with Crippen LogP contribution in [0.15, 0.2) is 18.2 Å². The summed E-state index contributed by atoms with van der Waals surface area (Å²) in [6.07, 6.45) is 1.82. The lowest BCUT2D eigenvalue weighted by atomic mass is 9.97. The summed E-state index contributed by atoms with van der Waals surface area (Å²) in [6, 6.07) is 5.55. The molecule has 3 nitrogen and oxygen atoms in total. The summed E-state index contributed by atoms with van der Waals surface area (Å²) in [5.74, 6) is 0.228. The fourth-order valence-corrected chi connectivity index (χ4v) is 2.22. The molecule has 92 valence electrons. The second-order valence-corrected chi connectivity index (χ2v) is 4.91. The van der Waals surface area contributed by atoms with Crippen molar-refractivity contribution in [2.75, 3.05) is 18.4 Å². The van der Waals surface area contributed by atoms with E-state index in [-0.39, 0.29) is 11.8 Å². The first-order chi connectivity index (χ1) is 8.16. The molecule has 17 heavy (non-hydrogen) atoms. The number of anilines is 1. The maximum atomic E-state index is 12.0. The Balaban J connectivity index is 2.04. The fourth-order valence-electron chi connectivity index (χ4n) is 2.05. The van der Waals surface area contributed by atoms with Crippen LogP contribution in [0.25, 0.3) is 0 Å². The lowest BCUT2D eigenvalue weighted by Crippen LogP contribution is -2.34. The van der Waals surface area contributed by atoms with Crippen molar-refractivity contribution >= 4 is 23.2 Å². The first-order valence-electron chi connectivity index (χ1n) is 5.94. The Kier molecular flexibility index (Phi) is 4.02. The molecule has 1 aliphatic heterocycles. The highest BCUT2D eigenvalue weighted by Crippen LogP contribution is 2.22. The van der Waals surface area contributed by atoms with E-state index in [1.807, 2.05) is 19.1 Å². The lowest BCUT2D eigenvalue weighted by Gasteiger charge is -2.22. The maximum absolute atomic E-state index is 12.0. The van der Waals surface area contributed by atoms with Crippen LogP contribution in [0.2, 0.25) is 5.02 Å². The molecule has 1 amide bonds. The van der Waals surface area contributed by atoms with Gasteiger partial charge in [0.05, 0.1) is 0 Å². The van der Waals surface area contributed by atoms with E-state index < -0.39 is 0 Å². The monoisotopic (exact) mass is 252 g/mol. The average Bonchev–Trinajstić information content (AvgIpc) is 2.35. The quantitative estimate of drug-likeness (QED) is 0.850. The van der Waals surface area contributed by atoms with Crippen molar-refractivity contribution in [1.82, 2.24) is 5.32 Å². The first kappa shape index (κ1) is 12.4. The third kappa shape index (κ3) is 3.20. The van der Waals surface area contributed by atoms with Gasteiger partial charge < -0.3 is 10.6 Å². The van der Waals surface area contributed by atoms with Gasteiger partial charge in [0.25, 0.3) is 0 Å². The number of amides is 1. The minimum atomic E-state index is 0.108. The molecule has 0 bridgehead atoms. The molecule has 0 unspecified atom stereocenters. The molecule has 1 saturated heterocycles. The predicted octanol–water partition coefficient (Wildman–Crippen LogP) is 2.59. The summed E-state index contributed by atoms with van der Waals surface area (Å²) in [7, 11) is 0. The number of piperidine rings is 1. The van der Waals surface area contributed by atoms with Gasteiger partial charge in [-0.05, 0) is 50.6 Å². The van der Waals surface area contributed by atoms with E-state index in [4.69, 9.17) is 11.6 Å². The van der Waals surface area contributed by atoms with E-state index in [1.165, 1.54) is 0 Å². The number of rotatable bonds is 2. The number of hydrogen-bond acceptors (Lipinski definition) is 2. The largest absolute Gasteiger partial charge is 0.326 e. The Morgan fingerprint density at radius 2 is 2.12 bits per heavy atom. The van der Waals surface area contributed by atoms with Crippen LogP contribution in [0.4, 0.5) is 5.69 Å². The van der Waals surface area contributed by atoms with Gasteiger partial charge in [-0.15, -0.1) is 0 Å². The Labute approximate surface area is 107 Å². The average molecular weight is 253 g/mol. The van der Waals surface area contributed by atoms with E-state index in [2.05, 4.69) is 10.6 Å². The zero-order chi connectivity index (χ0) is 12.3. The van der Waals surface area contributed by atoms with Crippen molar-refractivity contribution in [1.29, 1.82) is 0 Å². The number of nitrogens with one attached hydrogen (secondary N) is 2. The van der Waals surface area contributed by atoms with Gasteiger partial charge in [-0.3, -0.25) is 4.79 Å². The van der Waals surface area contributed by atoms with Crippen LogP contribution in [0.1, 0.15) is 18.4 Å². The Hall–Kier alpha value is -1.06. The van der Waals surface area contributed by atoms with Gasteiger partial charge in [0.1, 0.15) is 0 Å². The molecular formula is C13H17ClN2O. The molecule has 0 saturated carbocycles. The topological polar surface area (TPSA) is 41.1 Å². The van der Waals surface area contributed by atoms with Gasteiger partial charge in [0, 0.05) is 16.6 Å². The maximum Gasteiger partial charge on any atom is 0.227 e. The third-order valence-electron chi connectivity index (χ3n) is 3.17. The number of carbonyl (C=O) groups is 1. The molecule has 0 radical (unpaired) electrons. The molecule has 1 aliphatic rings. The molecule has 2 N–H and O–H groups in total. The summed E-state index contributed by atoms with van der Waals surface area (Å²) in [4.78, 5) is 12.0. The number of halogens is 1. The van der Waals surface area contributed by atoms with Gasteiger partial charge in [0.2, 0.25) is 5.91 Å². The molecule has 0 atom stereocenters. The van der Waals surface area contributed by atoms with Gasteiger partial charge in [-0.1, -0.05) is 17.7 Å². The highest BCUT2D eigenvalue weighted by atomic mass is 35.5. The molecule has 1 heterocycles. The zero-order valence-corrected chi connectivity index (χ0v) is 10.7. The van der Waals surface area contributed by atoms with Crippen LogP contribution < -0.4 is 10.6 Å². The van der Waals surface area contributed by atoms with Gasteiger partial charge in [-0.25, -0.2) is 0 Å². The van der Waals surface area contributed by atoms with Crippen LogP contribution >= 0.6 is 11.6 Å². The molecule has 2 rings (SSSR count). The van der Waals surface area contributed by atoms with Crippen LogP contribution in [0.5, 0.6) is 0 Å². The van der Waals surface area contributed by atoms with Crippen molar-refractivity contribution < 1.29 is 4.79 Å². The predicted molar refractivity (Wildman–Crippen MR) is 70.4 cm³/mol. The van der Waals surface area contributed by atoms with E-state index in [0.717, 1.165) is 37.2 Å². The van der Waals surface area contributed by atoms with Crippen molar-refractivity contribution in [3.63, 3.8) is 0 Å². The summed E-state index contributed by atoms with van der Waals surface area (Å²) < 4.78 is 0. The summed E-state index contributed by atoms with van der Waals surface area (Å²) >= 11 is 5.92. The Bertz CT molecular complexity index is 414. The minimum Gasteiger partial charge on any atom is -0.326 e. The van der Waals surface area contributed by atoms with Crippen molar-refractivity contribution in [2.24, 2.45) is 5.92 Å². The number of benzene rings is 1. The molecule has 0 aliphatic carbocycles. The molecule has 1 aromatic rings. The zero-order valence-electron chi connectivity index (χ0n) is 9.92. The molecule has 0 spiro atoms. The summed E-state index contributed by atoms with van der Waals surface area (Å²) in [5, 5.41) is 6.87. The van der Waals surface area contributed by atoms with Gasteiger partial charge in [-0.2, -0.15) is 0 Å². The van der Waals surface area contributed by atoms with Gasteiger partial charge >= 0.3 is 0 Å². The van der Waals surface area contributed by atoms with Crippen molar-refractivity contribution in [3.8, 4) is 0 Å². The molecule has 0 aromatic heterocycles. The van der Waals surface area contributed by atoms with Crippen LogP contribution in [-0.2, 0) is 4.79 Å². The second kappa shape index (κ2) is 5.52. The molecular weight excluding hydrogens is 236 g/mol. The molecule has 4 heteroatoms. The second-order valence-electron chi connectivity index (χ2n) is 4.47. The summed E-state index contributed by atoms with van der Waals surface area (Å²) in [6.45, 7) is 3.81. The van der Waals surface area contributed by atoms with Crippen LogP contribution in [0, 0.1) is 12.8 Å². The lowest BCUT2D eigenvalue weighted by molar-refractivity contribution is -0.120.